The highest BCUT2D eigenvalue weighted by Crippen LogP contribution is 2.23. The van der Waals surface area contributed by atoms with Crippen LogP contribution in [0.15, 0.2) is 30.3 Å². The number of benzene rings is 1. The van der Waals surface area contributed by atoms with Gasteiger partial charge in [-0.2, -0.15) is 0 Å². The molecular weight excluding hydrogens is 236 g/mol. The van der Waals surface area contributed by atoms with Gasteiger partial charge in [0.15, 0.2) is 0 Å². The maximum absolute atomic E-state index is 12.1. The van der Waals surface area contributed by atoms with E-state index in [9.17, 15) is 4.79 Å². The summed E-state index contributed by atoms with van der Waals surface area (Å²) in [4.78, 5) is 14.4. The highest BCUT2D eigenvalue weighted by molar-refractivity contribution is 5.84. The smallest absolute Gasteiger partial charge is 0.238 e. The normalized spacial score (nSPS) is 26.9. The van der Waals surface area contributed by atoms with Crippen molar-refractivity contribution < 1.29 is 4.79 Å². The van der Waals surface area contributed by atoms with Gasteiger partial charge in [0.25, 0.3) is 0 Å². The number of carbonyl (C=O) groups excluding carboxylic acids is 1. The van der Waals surface area contributed by atoms with E-state index < -0.39 is 0 Å². The van der Waals surface area contributed by atoms with Crippen molar-refractivity contribution >= 4 is 5.91 Å². The lowest BCUT2D eigenvalue weighted by Gasteiger charge is -2.22. The summed E-state index contributed by atoms with van der Waals surface area (Å²) < 4.78 is 0. The first-order chi connectivity index (χ1) is 9.33. The van der Waals surface area contributed by atoms with Crippen molar-refractivity contribution in [2.45, 2.75) is 50.7 Å². The fourth-order valence-corrected chi connectivity index (χ4v) is 2.96. The Morgan fingerprint density at radius 1 is 1.16 bits per heavy atom. The molecule has 1 amide bonds. The standard InChI is InChI=1S/C16H22N2O/c19-16(17-14-9-5-2-6-10-14)15-12-18(15)11-13-7-3-1-4-8-13/h1,3-4,7-8,14-15H,2,5-6,9-12H2,(H,17,19). The fraction of sp³-hybridized carbons (Fsp3) is 0.562. The summed E-state index contributed by atoms with van der Waals surface area (Å²) in [5.41, 5.74) is 1.29. The molecule has 3 rings (SSSR count). The summed E-state index contributed by atoms with van der Waals surface area (Å²) in [6.07, 6.45) is 6.19. The third-order valence-corrected chi connectivity index (χ3v) is 4.20. The van der Waals surface area contributed by atoms with E-state index in [0.29, 0.717) is 6.04 Å². The first-order valence-corrected chi connectivity index (χ1v) is 7.41. The number of hydrogen-bond donors (Lipinski definition) is 1. The highest BCUT2D eigenvalue weighted by Gasteiger charge is 2.40. The Kier molecular flexibility index (Phi) is 3.83. The molecule has 1 aromatic rings. The molecule has 1 saturated heterocycles. The highest BCUT2D eigenvalue weighted by atomic mass is 16.2. The summed E-state index contributed by atoms with van der Waals surface area (Å²) in [5, 5.41) is 3.22. The van der Waals surface area contributed by atoms with Gasteiger partial charge in [-0.1, -0.05) is 49.6 Å². The van der Waals surface area contributed by atoms with E-state index in [4.69, 9.17) is 0 Å². The lowest BCUT2D eigenvalue weighted by molar-refractivity contribution is -0.122. The third kappa shape index (κ3) is 3.35. The van der Waals surface area contributed by atoms with Crippen molar-refractivity contribution in [2.24, 2.45) is 0 Å². The Morgan fingerprint density at radius 3 is 2.63 bits per heavy atom. The van der Waals surface area contributed by atoms with Gasteiger partial charge in [-0.05, 0) is 18.4 Å². The number of hydrogen-bond acceptors (Lipinski definition) is 2. The molecule has 102 valence electrons. The molecule has 0 radical (unpaired) electrons. The molecule has 2 atom stereocenters. The maximum Gasteiger partial charge on any atom is 0.238 e. The van der Waals surface area contributed by atoms with Crippen LogP contribution in [0.3, 0.4) is 0 Å². The number of nitrogens with zero attached hydrogens (tertiary/aromatic N) is 1. The minimum Gasteiger partial charge on any atom is -0.352 e. The van der Waals surface area contributed by atoms with E-state index in [2.05, 4.69) is 34.5 Å². The van der Waals surface area contributed by atoms with Crippen LogP contribution in [0.1, 0.15) is 37.7 Å². The molecule has 2 aliphatic rings. The first kappa shape index (κ1) is 12.7. The van der Waals surface area contributed by atoms with Crippen LogP contribution in [0.2, 0.25) is 0 Å². The van der Waals surface area contributed by atoms with Crippen molar-refractivity contribution in [3.63, 3.8) is 0 Å². The SMILES string of the molecule is O=C(NC1CCCCC1)C1CN1Cc1ccccc1. The van der Waals surface area contributed by atoms with Crippen LogP contribution in [0.5, 0.6) is 0 Å². The molecule has 3 nitrogen and oxygen atoms in total. The first-order valence-electron chi connectivity index (χ1n) is 7.41. The fourth-order valence-electron chi connectivity index (χ4n) is 2.96. The number of carbonyl (C=O) groups is 1. The second-order valence-corrected chi connectivity index (χ2v) is 5.77. The van der Waals surface area contributed by atoms with Crippen LogP contribution in [0.25, 0.3) is 0 Å². The molecule has 2 fully saturated rings. The second kappa shape index (κ2) is 5.74. The summed E-state index contributed by atoms with van der Waals surface area (Å²) in [6.45, 7) is 1.80. The Balaban J connectivity index is 1.45. The van der Waals surface area contributed by atoms with Gasteiger partial charge in [0.2, 0.25) is 5.91 Å². The van der Waals surface area contributed by atoms with Crippen molar-refractivity contribution in [1.82, 2.24) is 10.2 Å². The molecule has 1 N–H and O–H groups in total. The van der Waals surface area contributed by atoms with Gasteiger partial charge in [0.05, 0.1) is 0 Å². The number of amides is 1. The monoisotopic (exact) mass is 258 g/mol. The van der Waals surface area contributed by atoms with Gasteiger partial charge in [0, 0.05) is 19.1 Å². The van der Waals surface area contributed by atoms with Crippen LogP contribution in [-0.2, 0) is 11.3 Å². The molecule has 1 aliphatic heterocycles. The molecule has 19 heavy (non-hydrogen) atoms. The molecule has 0 aromatic heterocycles. The van der Waals surface area contributed by atoms with Crippen molar-refractivity contribution in [3.8, 4) is 0 Å². The van der Waals surface area contributed by atoms with E-state index >= 15 is 0 Å². The van der Waals surface area contributed by atoms with Crippen LogP contribution in [0, 0.1) is 0 Å². The van der Waals surface area contributed by atoms with Crippen molar-refractivity contribution in [1.29, 1.82) is 0 Å². The Bertz CT molecular complexity index is 426. The van der Waals surface area contributed by atoms with Gasteiger partial charge in [-0.15, -0.1) is 0 Å². The predicted molar refractivity (Wildman–Crippen MR) is 75.7 cm³/mol. The van der Waals surface area contributed by atoms with E-state index in [0.717, 1.165) is 25.9 Å². The van der Waals surface area contributed by atoms with Crippen molar-refractivity contribution in [3.05, 3.63) is 35.9 Å². The van der Waals surface area contributed by atoms with Crippen molar-refractivity contribution in [2.75, 3.05) is 6.54 Å². The molecule has 2 unspecified atom stereocenters. The minimum atomic E-state index is 0.113. The Labute approximate surface area is 115 Å². The predicted octanol–water partition coefficient (Wildman–Crippen LogP) is 2.32. The van der Waals surface area contributed by atoms with Gasteiger partial charge >= 0.3 is 0 Å². The largest absolute Gasteiger partial charge is 0.352 e. The van der Waals surface area contributed by atoms with Crippen LogP contribution in [-0.4, -0.2) is 29.4 Å². The lowest BCUT2D eigenvalue weighted by atomic mass is 9.95. The van der Waals surface area contributed by atoms with Crippen LogP contribution < -0.4 is 5.32 Å². The molecule has 0 spiro atoms. The average Bonchev–Trinajstić information content (AvgIpc) is 3.20. The second-order valence-electron chi connectivity index (χ2n) is 5.77. The van der Waals surface area contributed by atoms with E-state index in [-0.39, 0.29) is 11.9 Å². The minimum absolute atomic E-state index is 0.113. The summed E-state index contributed by atoms with van der Waals surface area (Å²) in [5.74, 6) is 0.239. The van der Waals surface area contributed by atoms with E-state index in [1.165, 1.54) is 24.8 Å². The van der Waals surface area contributed by atoms with Gasteiger partial charge in [-0.25, -0.2) is 0 Å². The number of nitrogens with one attached hydrogen (secondary N) is 1. The average molecular weight is 258 g/mol. The summed E-state index contributed by atoms with van der Waals surface area (Å²) >= 11 is 0. The Morgan fingerprint density at radius 2 is 1.89 bits per heavy atom. The molecule has 1 aliphatic carbocycles. The topological polar surface area (TPSA) is 32.1 Å². The Hall–Kier alpha value is -1.35. The van der Waals surface area contributed by atoms with E-state index in [1.807, 2.05) is 6.07 Å². The zero-order valence-corrected chi connectivity index (χ0v) is 11.3. The maximum atomic E-state index is 12.1. The zero-order valence-electron chi connectivity index (χ0n) is 11.3. The van der Waals surface area contributed by atoms with Crippen LogP contribution in [0.4, 0.5) is 0 Å². The molecule has 1 heterocycles. The van der Waals surface area contributed by atoms with Gasteiger partial charge < -0.3 is 5.32 Å². The van der Waals surface area contributed by atoms with Crippen LogP contribution >= 0.6 is 0 Å². The third-order valence-electron chi connectivity index (χ3n) is 4.20. The lowest BCUT2D eigenvalue weighted by Crippen LogP contribution is -2.39. The molecule has 3 heteroatoms. The molecular formula is C16H22N2O. The summed E-state index contributed by atoms with van der Waals surface area (Å²) in [6, 6.07) is 10.9. The number of rotatable bonds is 4. The quantitative estimate of drug-likeness (QED) is 0.841. The molecule has 1 saturated carbocycles. The van der Waals surface area contributed by atoms with E-state index in [1.54, 1.807) is 0 Å². The molecule has 1 aromatic carbocycles. The zero-order chi connectivity index (χ0) is 13.1. The summed E-state index contributed by atoms with van der Waals surface area (Å²) in [7, 11) is 0. The van der Waals surface area contributed by atoms with Gasteiger partial charge in [-0.3, -0.25) is 9.69 Å². The molecule has 0 bridgehead atoms. The van der Waals surface area contributed by atoms with Gasteiger partial charge in [0.1, 0.15) is 6.04 Å².